The van der Waals surface area contributed by atoms with Crippen molar-refractivity contribution in [2.24, 2.45) is 5.73 Å². The quantitative estimate of drug-likeness (QED) is 0.785. The molecule has 1 heterocycles. The third-order valence-electron chi connectivity index (χ3n) is 3.73. The lowest BCUT2D eigenvalue weighted by Crippen LogP contribution is -2.32. The molecule has 1 aromatic carbocycles. The number of benzene rings is 1. The second kappa shape index (κ2) is 3.26. The summed E-state index contributed by atoms with van der Waals surface area (Å²) in [7, 11) is 0. The Kier molecular flexibility index (Phi) is 2.12. The van der Waals surface area contributed by atoms with E-state index in [0.29, 0.717) is 5.92 Å². The normalized spacial score (nSPS) is 27.2. The Morgan fingerprint density at radius 2 is 2.20 bits per heavy atom. The van der Waals surface area contributed by atoms with Crippen LogP contribution in [0.4, 0.5) is 0 Å². The second-order valence-corrected chi connectivity index (χ2v) is 6.10. The first-order valence-corrected chi connectivity index (χ1v) is 6.70. The topological polar surface area (TPSA) is 26.0 Å². The van der Waals surface area contributed by atoms with Crippen LogP contribution in [0.25, 0.3) is 0 Å². The maximum absolute atomic E-state index is 6.38. The van der Waals surface area contributed by atoms with Crippen LogP contribution in [0, 0.1) is 6.92 Å². The fourth-order valence-corrected chi connectivity index (χ4v) is 3.71. The van der Waals surface area contributed by atoms with Gasteiger partial charge in [0.2, 0.25) is 0 Å². The fourth-order valence-electron chi connectivity index (χ4n) is 2.60. The Hall–Kier alpha value is -0.470. The van der Waals surface area contributed by atoms with E-state index in [1.54, 1.807) is 0 Å². The Morgan fingerprint density at radius 1 is 1.40 bits per heavy atom. The highest BCUT2D eigenvalue weighted by molar-refractivity contribution is 7.99. The van der Waals surface area contributed by atoms with Crippen molar-refractivity contribution < 1.29 is 0 Å². The van der Waals surface area contributed by atoms with Gasteiger partial charge in [0, 0.05) is 16.4 Å². The SMILES string of the molecule is Cc1ccc2c(c1)C(C1(N)CC1)CCS2. The number of thioether (sulfide) groups is 1. The summed E-state index contributed by atoms with van der Waals surface area (Å²) < 4.78 is 0. The molecule has 1 saturated carbocycles. The molecular formula is C13H17NS. The standard InChI is InChI=1S/C13H17NS/c1-9-2-3-12-10(8-9)11(4-7-15-12)13(14)5-6-13/h2-3,8,11H,4-7,14H2,1H3. The Morgan fingerprint density at radius 3 is 2.93 bits per heavy atom. The predicted molar refractivity (Wildman–Crippen MR) is 65.4 cm³/mol. The van der Waals surface area contributed by atoms with Gasteiger partial charge in [-0.25, -0.2) is 0 Å². The molecule has 0 spiro atoms. The van der Waals surface area contributed by atoms with Gasteiger partial charge in [-0.2, -0.15) is 0 Å². The van der Waals surface area contributed by atoms with E-state index >= 15 is 0 Å². The summed E-state index contributed by atoms with van der Waals surface area (Å²) in [6.45, 7) is 2.17. The van der Waals surface area contributed by atoms with Crippen LogP contribution < -0.4 is 5.73 Å². The van der Waals surface area contributed by atoms with Crippen molar-refractivity contribution in [2.45, 2.75) is 42.5 Å². The van der Waals surface area contributed by atoms with Crippen molar-refractivity contribution in [3.8, 4) is 0 Å². The fraction of sp³-hybridized carbons (Fsp3) is 0.538. The molecule has 1 unspecified atom stereocenters. The summed E-state index contributed by atoms with van der Waals surface area (Å²) in [5.41, 5.74) is 9.41. The average molecular weight is 219 g/mol. The van der Waals surface area contributed by atoms with Crippen LogP contribution in [0.2, 0.25) is 0 Å². The third-order valence-corrected chi connectivity index (χ3v) is 4.85. The number of fused-ring (bicyclic) bond motifs is 1. The largest absolute Gasteiger partial charge is 0.325 e. The first-order chi connectivity index (χ1) is 7.19. The summed E-state index contributed by atoms with van der Waals surface area (Å²) in [4.78, 5) is 1.47. The van der Waals surface area contributed by atoms with Crippen LogP contribution in [0.1, 0.15) is 36.3 Å². The van der Waals surface area contributed by atoms with Crippen molar-refractivity contribution in [1.82, 2.24) is 0 Å². The van der Waals surface area contributed by atoms with Crippen LogP contribution in [-0.2, 0) is 0 Å². The van der Waals surface area contributed by atoms with Crippen LogP contribution >= 0.6 is 11.8 Å². The van der Waals surface area contributed by atoms with Gasteiger partial charge in [0.05, 0.1) is 0 Å². The highest BCUT2D eigenvalue weighted by atomic mass is 32.2. The minimum atomic E-state index is 0.142. The molecule has 1 aliphatic heterocycles. The molecule has 2 heteroatoms. The number of hydrogen-bond donors (Lipinski definition) is 1. The number of rotatable bonds is 1. The maximum Gasteiger partial charge on any atom is 0.0225 e. The number of aryl methyl sites for hydroxylation is 1. The summed E-state index contributed by atoms with van der Waals surface area (Å²) in [5.74, 6) is 1.85. The highest BCUT2D eigenvalue weighted by Crippen LogP contribution is 2.51. The highest BCUT2D eigenvalue weighted by Gasteiger charge is 2.47. The first kappa shape index (κ1) is 9.73. The van der Waals surface area contributed by atoms with Gasteiger partial charge in [-0.3, -0.25) is 0 Å². The first-order valence-electron chi connectivity index (χ1n) is 5.71. The zero-order valence-electron chi connectivity index (χ0n) is 9.12. The number of hydrogen-bond acceptors (Lipinski definition) is 2. The molecule has 2 N–H and O–H groups in total. The third kappa shape index (κ3) is 1.60. The lowest BCUT2D eigenvalue weighted by atomic mass is 9.86. The van der Waals surface area contributed by atoms with E-state index in [1.165, 1.54) is 41.0 Å². The van der Waals surface area contributed by atoms with E-state index < -0.39 is 0 Å². The molecule has 1 fully saturated rings. The monoisotopic (exact) mass is 219 g/mol. The van der Waals surface area contributed by atoms with Crippen molar-refractivity contribution >= 4 is 11.8 Å². The van der Waals surface area contributed by atoms with E-state index in [1.807, 2.05) is 11.8 Å². The van der Waals surface area contributed by atoms with Crippen LogP contribution in [-0.4, -0.2) is 11.3 Å². The van der Waals surface area contributed by atoms with E-state index in [2.05, 4.69) is 25.1 Å². The molecule has 1 nitrogen and oxygen atoms in total. The molecular weight excluding hydrogens is 202 g/mol. The van der Waals surface area contributed by atoms with Crippen molar-refractivity contribution in [1.29, 1.82) is 0 Å². The molecule has 0 amide bonds. The molecule has 2 aliphatic rings. The van der Waals surface area contributed by atoms with Gasteiger partial charge in [0.15, 0.2) is 0 Å². The molecule has 0 radical (unpaired) electrons. The minimum Gasteiger partial charge on any atom is -0.325 e. The Bertz CT molecular complexity index is 396. The summed E-state index contributed by atoms with van der Waals surface area (Å²) in [6, 6.07) is 6.83. The zero-order valence-corrected chi connectivity index (χ0v) is 9.94. The van der Waals surface area contributed by atoms with Gasteiger partial charge in [0.25, 0.3) is 0 Å². The molecule has 0 bridgehead atoms. The van der Waals surface area contributed by atoms with Crippen molar-refractivity contribution in [3.63, 3.8) is 0 Å². The van der Waals surface area contributed by atoms with Crippen LogP contribution in [0.15, 0.2) is 23.1 Å². The van der Waals surface area contributed by atoms with Gasteiger partial charge in [0.1, 0.15) is 0 Å². The molecule has 1 atom stereocenters. The zero-order chi connectivity index (χ0) is 10.5. The lowest BCUT2D eigenvalue weighted by Gasteiger charge is -2.30. The molecule has 3 rings (SSSR count). The second-order valence-electron chi connectivity index (χ2n) is 4.96. The van der Waals surface area contributed by atoms with Crippen LogP contribution in [0.3, 0.4) is 0 Å². The molecule has 80 valence electrons. The molecule has 1 aliphatic carbocycles. The van der Waals surface area contributed by atoms with Gasteiger partial charge in [-0.1, -0.05) is 17.7 Å². The van der Waals surface area contributed by atoms with Crippen molar-refractivity contribution in [3.05, 3.63) is 29.3 Å². The summed E-state index contributed by atoms with van der Waals surface area (Å²) in [6.07, 6.45) is 3.70. The predicted octanol–water partition coefficient (Wildman–Crippen LogP) is 3.07. The van der Waals surface area contributed by atoms with Crippen LogP contribution in [0.5, 0.6) is 0 Å². The lowest BCUT2D eigenvalue weighted by molar-refractivity contribution is 0.496. The number of nitrogens with two attached hydrogens (primary N) is 1. The minimum absolute atomic E-state index is 0.142. The van der Waals surface area contributed by atoms with E-state index in [-0.39, 0.29) is 5.54 Å². The van der Waals surface area contributed by atoms with Gasteiger partial charge >= 0.3 is 0 Å². The van der Waals surface area contributed by atoms with Crippen molar-refractivity contribution in [2.75, 3.05) is 5.75 Å². The maximum atomic E-state index is 6.38. The van der Waals surface area contributed by atoms with Gasteiger partial charge in [-0.15, -0.1) is 11.8 Å². The molecule has 15 heavy (non-hydrogen) atoms. The van der Waals surface area contributed by atoms with E-state index in [9.17, 15) is 0 Å². The Balaban J connectivity index is 2.05. The molecule has 1 aromatic rings. The summed E-state index contributed by atoms with van der Waals surface area (Å²) in [5, 5.41) is 0. The molecule has 0 saturated heterocycles. The van der Waals surface area contributed by atoms with Gasteiger partial charge in [-0.05, 0) is 43.6 Å². The van der Waals surface area contributed by atoms with E-state index in [0.717, 1.165) is 0 Å². The smallest absolute Gasteiger partial charge is 0.0225 e. The average Bonchev–Trinajstić information content (AvgIpc) is 2.96. The van der Waals surface area contributed by atoms with Gasteiger partial charge < -0.3 is 5.73 Å². The molecule has 0 aromatic heterocycles. The van der Waals surface area contributed by atoms with E-state index in [4.69, 9.17) is 5.73 Å². The summed E-state index contributed by atoms with van der Waals surface area (Å²) >= 11 is 1.99. The Labute approximate surface area is 95.4 Å².